The number of carboxylic acid groups (broad SMARTS) is 1. The largest absolute Gasteiger partial charge is 0.494 e. The standard InChI is InChI=1S/C22H23NO3S/c1-16-8-7-11-18(14-16)26-13-6-5-12-20-23-22(17-9-3-2-4-10-17)19(27-20)15-21(24)25/h2-4,7-11,14H,5-6,12-13,15H2,1H3,(H,24,25). The summed E-state index contributed by atoms with van der Waals surface area (Å²) >= 11 is 1.51. The summed E-state index contributed by atoms with van der Waals surface area (Å²) in [6.07, 6.45) is 2.74. The summed E-state index contributed by atoms with van der Waals surface area (Å²) in [6.45, 7) is 2.72. The molecule has 0 saturated carbocycles. The van der Waals surface area contributed by atoms with Crippen molar-refractivity contribution in [2.24, 2.45) is 0 Å². The van der Waals surface area contributed by atoms with E-state index in [-0.39, 0.29) is 6.42 Å². The fourth-order valence-electron chi connectivity index (χ4n) is 2.86. The number of carboxylic acids is 1. The highest BCUT2D eigenvalue weighted by Gasteiger charge is 2.15. The second-order valence-corrected chi connectivity index (χ2v) is 7.61. The van der Waals surface area contributed by atoms with Gasteiger partial charge in [-0.15, -0.1) is 11.3 Å². The molecule has 2 aromatic carbocycles. The Bertz CT molecular complexity index is 890. The summed E-state index contributed by atoms with van der Waals surface area (Å²) < 4.78 is 5.78. The van der Waals surface area contributed by atoms with Crippen LogP contribution >= 0.6 is 11.3 Å². The quantitative estimate of drug-likeness (QED) is 0.521. The number of benzene rings is 2. The fraction of sp³-hybridized carbons (Fsp3) is 0.273. The van der Waals surface area contributed by atoms with E-state index in [2.05, 4.69) is 0 Å². The Morgan fingerprint density at radius 2 is 1.93 bits per heavy atom. The molecule has 5 heteroatoms. The molecular formula is C22H23NO3S. The van der Waals surface area contributed by atoms with Gasteiger partial charge >= 0.3 is 5.97 Å². The first-order valence-corrected chi connectivity index (χ1v) is 9.89. The third-order valence-electron chi connectivity index (χ3n) is 4.14. The van der Waals surface area contributed by atoms with E-state index in [0.29, 0.717) is 6.61 Å². The normalized spacial score (nSPS) is 10.7. The van der Waals surface area contributed by atoms with Crippen molar-refractivity contribution < 1.29 is 14.6 Å². The van der Waals surface area contributed by atoms with Crippen LogP contribution in [0.4, 0.5) is 0 Å². The van der Waals surface area contributed by atoms with Gasteiger partial charge in [-0.25, -0.2) is 4.98 Å². The van der Waals surface area contributed by atoms with Crippen molar-refractivity contribution in [3.63, 3.8) is 0 Å². The molecule has 0 aliphatic carbocycles. The number of nitrogens with zero attached hydrogens (tertiary/aromatic N) is 1. The van der Waals surface area contributed by atoms with Crippen molar-refractivity contribution in [2.45, 2.75) is 32.6 Å². The lowest BCUT2D eigenvalue weighted by molar-refractivity contribution is -0.136. The third-order valence-corrected chi connectivity index (χ3v) is 5.26. The van der Waals surface area contributed by atoms with E-state index in [9.17, 15) is 9.90 Å². The summed E-state index contributed by atoms with van der Waals surface area (Å²) in [4.78, 5) is 16.7. The van der Waals surface area contributed by atoms with Gasteiger partial charge in [0.1, 0.15) is 5.75 Å². The van der Waals surface area contributed by atoms with Crippen molar-refractivity contribution in [2.75, 3.05) is 6.61 Å². The predicted molar refractivity (Wildman–Crippen MR) is 109 cm³/mol. The van der Waals surface area contributed by atoms with Gasteiger partial charge in [-0.1, -0.05) is 42.5 Å². The van der Waals surface area contributed by atoms with Crippen LogP contribution in [-0.4, -0.2) is 22.7 Å². The SMILES string of the molecule is Cc1cccc(OCCCCc2nc(-c3ccccc3)c(CC(=O)O)s2)c1. The van der Waals surface area contributed by atoms with E-state index in [1.807, 2.05) is 61.5 Å². The van der Waals surface area contributed by atoms with Crippen LogP contribution in [0.1, 0.15) is 28.3 Å². The molecule has 0 bridgehead atoms. The molecule has 0 atom stereocenters. The number of carbonyl (C=O) groups is 1. The number of ether oxygens (including phenoxy) is 1. The lowest BCUT2D eigenvalue weighted by atomic mass is 10.1. The Morgan fingerprint density at radius 3 is 2.67 bits per heavy atom. The number of unbranched alkanes of at least 4 members (excludes halogenated alkanes) is 1. The zero-order valence-electron chi connectivity index (χ0n) is 15.4. The van der Waals surface area contributed by atoms with Gasteiger partial charge < -0.3 is 9.84 Å². The van der Waals surface area contributed by atoms with E-state index < -0.39 is 5.97 Å². The summed E-state index contributed by atoms with van der Waals surface area (Å²) in [7, 11) is 0. The number of rotatable bonds is 9. The number of hydrogen-bond donors (Lipinski definition) is 1. The third kappa shape index (κ3) is 5.66. The second kappa shape index (κ2) is 9.33. The smallest absolute Gasteiger partial charge is 0.308 e. The average molecular weight is 381 g/mol. The van der Waals surface area contributed by atoms with Crippen molar-refractivity contribution in [1.29, 1.82) is 0 Å². The molecule has 4 nitrogen and oxygen atoms in total. The highest BCUT2D eigenvalue weighted by atomic mass is 32.1. The monoisotopic (exact) mass is 381 g/mol. The zero-order chi connectivity index (χ0) is 19.1. The molecule has 0 spiro atoms. The maximum absolute atomic E-state index is 11.2. The van der Waals surface area contributed by atoms with Crippen molar-refractivity contribution >= 4 is 17.3 Å². The second-order valence-electron chi connectivity index (χ2n) is 6.44. The van der Waals surface area contributed by atoms with Gasteiger partial charge in [0.2, 0.25) is 0 Å². The zero-order valence-corrected chi connectivity index (χ0v) is 16.2. The van der Waals surface area contributed by atoms with E-state index >= 15 is 0 Å². The first-order chi connectivity index (χ1) is 13.1. The molecule has 1 N–H and O–H groups in total. The first kappa shape index (κ1) is 19.1. The molecule has 27 heavy (non-hydrogen) atoms. The van der Waals surface area contributed by atoms with Gasteiger partial charge in [0.05, 0.1) is 23.7 Å². The topological polar surface area (TPSA) is 59.4 Å². The van der Waals surface area contributed by atoms with Crippen LogP contribution in [0.15, 0.2) is 54.6 Å². The minimum absolute atomic E-state index is 0.0123. The minimum atomic E-state index is -0.825. The lowest BCUT2D eigenvalue weighted by Crippen LogP contribution is -1.99. The Hall–Kier alpha value is -2.66. The van der Waals surface area contributed by atoms with Crippen LogP contribution in [0, 0.1) is 6.92 Å². The maximum Gasteiger partial charge on any atom is 0.308 e. The molecule has 0 amide bonds. The molecule has 0 radical (unpaired) electrons. The molecule has 1 aromatic heterocycles. The molecule has 0 aliphatic heterocycles. The molecule has 3 aromatic rings. The van der Waals surface area contributed by atoms with Gasteiger partial charge in [0, 0.05) is 10.4 Å². The molecule has 1 heterocycles. The molecule has 0 fully saturated rings. The predicted octanol–water partition coefficient (Wildman–Crippen LogP) is 5.15. The van der Waals surface area contributed by atoms with Crippen LogP contribution in [0.3, 0.4) is 0 Å². The summed E-state index contributed by atoms with van der Waals surface area (Å²) in [5.74, 6) is 0.0771. The molecule has 140 valence electrons. The number of aliphatic carboxylic acids is 1. The summed E-state index contributed by atoms with van der Waals surface area (Å²) in [6, 6.07) is 17.8. The van der Waals surface area contributed by atoms with Gasteiger partial charge in [-0.3, -0.25) is 4.79 Å². The summed E-state index contributed by atoms with van der Waals surface area (Å²) in [5.41, 5.74) is 2.96. The lowest BCUT2D eigenvalue weighted by Gasteiger charge is -2.06. The number of aryl methyl sites for hydroxylation is 2. The Labute approximate surface area is 163 Å². The highest BCUT2D eigenvalue weighted by molar-refractivity contribution is 7.12. The average Bonchev–Trinajstić information content (AvgIpc) is 3.04. The van der Waals surface area contributed by atoms with E-state index in [4.69, 9.17) is 9.72 Å². The van der Waals surface area contributed by atoms with Crippen LogP contribution in [-0.2, 0) is 17.6 Å². The first-order valence-electron chi connectivity index (χ1n) is 9.07. The Balaban J connectivity index is 1.57. The fourth-order valence-corrected chi connectivity index (χ4v) is 3.98. The minimum Gasteiger partial charge on any atom is -0.494 e. The number of hydrogen-bond acceptors (Lipinski definition) is 4. The van der Waals surface area contributed by atoms with Crippen LogP contribution < -0.4 is 4.74 Å². The van der Waals surface area contributed by atoms with Gasteiger partial charge in [0.25, 0.3) is 0 Å². The van der Waals surface area contributed by atoms with Gasteiger partial charge in [0.15, 0.2) is 0 Å². The Kier molecular flexibility index (Phi) is 6.60. The van der Waals surface area contributed by atoms with E-state index in [1.165, 1.54) is 16.9 Å². The van der Waals surface area contributed by atoms with Gasteiger partial charge in [-0.2, -0.15) is 0 Å². The van der Waals surface area contributed by atoms with Crippen molar-refractivity contribution in [3.05, 3.63) is 70.0 Å². The molecule has 0 aliphatic rings. The summed E-state index contributed by atoms with van der Waals surface area (Å²) in [5, 5.41) is 10.2. The van der Waals surface area contributed by atoms with Crippen LogP contribution in [0.2, 0.25) is 0 Å². The highest BCUT2D eigenvalue weighted by Crippen LogP contribution is 2.29. The van der Waals surface area contributed by atoms with E-state index in [1.54, 1.807) is 0 Å². The van der Waals surface area contributed by atoms with E-state index in [0.717, 1.165) is 46.2 Å². The molecular weight excluding hydrogens is 358 g/mol. The number of aromatic nitrogens is 1. The van der Waals surface area contributed by atoms with Crippen molar-refractivity contribution in [3.8, 4) is 17.0 Å². The van der Waals surface area contributed by atoms with Crippen LogP contribution in [0.5, 0.6) is 5.75 Å². The Morgan fingerprint density at radius 1 is 1.11 bits per heavy atom. The molecule has 0 unspecified atom stereocenters. The molecule has 3 rings (SSSR count). The number of thiazole rings is 1. The maximum atomic E-state index is 11.2. The molecule has 0 saturated heterocycles. The van der Waals surface area contributed by atoms with Crippen LogP contribution in [0.25, 0.3) is 11.3 Å². The van der Waals surface area contributed by atoms with Crippen molar-refractivity contribution in [1.82, 2.24) is 4.98 Å². The van der Waals surface area contributed by atoms with Gasteiger partial charge in [-0.05, 0) is 43.9 Å².